The molecular weight excluding hydrogens is 282 g/mol. The van der Waals surface area contributed by atoms with Crippen molar-refractivity contribution in [3.8, 4) is 0 Å². The molecule has 1 aliphatic heterocycles. The lowest BCUT2D eigenvalue weighted by Crippen LogP contribution is -2.25. The fourth-order valence-electron chi connectivity index (χ4n) is 2.69. The van der Waals surface area contributed by atoms with E-state index in [-0.39, 0.29) is 17.6 Å². The van der Waals surface area contributed by atoms with E-state index in [1.54, 1.807) is 31.1 Å². The van der Waals surface area contributed by atoms with Crippen LogP contribution in [0.4, 0.5) is 17.2 Å². The van der Waals surface area contributed by atoms with Crippen molar-refractivity contribution in [1.82, 2.24) is 9.78 Å². The Labute approximate surface area is 127 Å². The molecule has 3 rings (SSSR count). The smallest absolute Gasteiger partial charge is 0.261 e. The average molecular weight is 299 g/mol. The molecule has 0 spiro atoms. The van der Waals surface area contributed by atoms with Crippen LogP contribution < -0.4 is 16.0 Å². The first-order valence-electron chi connectivity index (χ1n) is 6.97. The highest BCUT2D eigenvalue weighted by Crippen LogP contribution is 2.30. The Balaban J connectivity index is 1.81. The van der Waals surface area contributed by atoms with Crippen molar-refractivity contribution in [3.05, 3.63) is 35.5 Å². The Morgan fingerprint density at radius 3 is 2.77 bits per heavy atom. The van der Waals surface area contributed by atoms with Gasteiger partial charge in [0.15, 0.2) is 5.82 Å². The van der Waals surface area contributed by atoms with Gasteiger partial charge in [0.05, 0.1) is 0 Å². The molecule has 7 nitrogen and oxygen atoms in total. The second-order valence-corrected chi connectivity index (χ2v) is 5.32. The number of rotatable bonds is 2. The molecule has 0 fully saturated rings. The largest absolute Gasteiger partial charge is 0.382 e. The number of hydrogen-bond acceptors (Lipinski definition) is 4. The molecular formula is C15H17N5O2. The molecule has 0 atom stereocenters. The Kier molecular flexibility index (Phi) is 3.32. The van der Waals surface area contributed by atoms with Gasteiger partial charge in [0.2, 0.25) is 5.91 Å². The van der Waals surface area contributed by atoms with Crippen molar-refractivity contribution in [2.45, 2.75) is 13.3 Å². The quantitative estimate of drug-likeness (QED) is 0.870. The minimum atomic E-state index is -0.299. The molecule has 0 saturated heterocycles. The van der Waals surface area contributed by atoms with E-state index in [4.69, 9.17) is 5.73 Å². The molecule has 1 aromatic heterocycles. The summed E-state index contributed by atoms with van der Waals surface area (Å²) in [6, 6.07) is 5.53. The van der Waals surface area contributed by atoms with Crippen LogP contribution in [0.15, 0.2) is 24.4 Å². The molecule has 114 valence electrons. The third kappa shape index (κ3) is 2.41. The SMILES string of the molecule is CC(=O)N1CCc2cc(NC(=O)c3cn(C)nc3N)ccc21. The zero-order valence-electron chi connectivity index (χ0n) is 12.5. The average Bonchev–Trinajstić information content (AvgIpc) is 3.01. The van der Waals surface area contributed by atoms with E-state index in [1.165, 1.54) is 4.68 Å². The maximum Gasteiger partial charge on any atom is 0.261 e. The summed E-state index contributed by atoms with van der Waals surface area (Å²) in [5.41, 5.74) is 8.68. The summed E-state index contributed by atoms with van der Waals surface area (Å²) in [5, 5.41) is 6.76. The summed E-state index contributed by atoms with van der Waals surface area (Å²) in [7, 11) is 1.71. The number of anilines is 3. The van der Waals surface area contributed by atoms with Gasteiger partial charge in [-0.3, -0.25) is 14.3 Å². The van der Waals surface area contributed by atoms with Crippen molar-refractivity contribution in [2.24, 2.45) is 7.05 Å². The Morgan fingerprint density at radius 1 is 1.36 bits per heavy atom. The summed E-state index contributed by atoms with van der Waals surface area (Å²) in [6.07, 6.45) is 2.36. The van der Waals surface area contributed by atoms with E-state index in [1.807, 2.05) is 12.1 Å². The number of amides is 2. The fourth-order valence-corrected chi connectivity index (χ4v) is 2.69. The highest BCUT2D eigenvalue weighted by molar-refractivity contribution is 6.07. The summed E-state index contributed by atoms with van der Waals surface area (Å²) in [4.78, 5) is 25.5. The topological polar surface area (TPSA) is 93.2 Å². The van der Waals surface area contributed by atoms with E-state index in [0.29, 0.717) is 17.8 Å². The minimum Gasteiger partial charge on any atom is -0.382 e. The van der Waals surface area contributed by atoms with E-state index < -0.39 is 0 Å². The predicted octanol–water partition coefficient (Wildman–Crippen LogP) is 1.16. The third-order valence-electron chi connectivity index (χ3n) is 3.72. The van der Waals surface area contributed by atoms with E-state index in [9.17, 15) is 9.59 Å². The van der Waals surface area contributed by atoms with Gasteiger partial charge in [-0.2, -0.15) is 5.10 Å². The number of carbonyl (C=O) groups is 2. The first-order valence-corrected chi connectivity index (χ1v) is 6.97. The number of nitrogens with one attached hydrogen (secondary N) is 1. The van der Waals surface area contributed by atoms with Gasteiger partial charge in [-0.15, -0.1) is 0 Å². The predicted molar refractivity (Wildman–Crippen MR) is 83.7 cm³/mol. The van der Waals surface area contributed by atoms with Crippen LogP contribution >= 0.6 is 0 Å². The number of aryl methyl sites for hydroxylation is 1. The second-order valence-electron chi connectivity index (χ2n) is 5.32. The number of fused-ring (bicyclic) bond motifs is 1. The summed E-state index contributed by atoms with van der Waals surface area (Å²) in [5.74, 6) is -0.0745. The van der Waals surface area contributed by atoms with Gasteiger partial charge in [-0.25, -0.2) is 0 Å². The summed E-state index contributed by atoms with van der Waals surface area (Å²) < 4.78 is 1.50. The molecule has 3 N–H and O–H groups in total. The van der Waals surface area contributed by atoms with Crippen molar-refractivity contribution in [2.75, 3.05) is 22.5 Å². The Bertz CT molecular complexity index is 765. The molecule has 2 aromatic rings. The molecule has 1 aliphatic rings. The number of carbonyl (C=O) groups excluding carboxylic acids is 2. The summed E-state index contributed by atoms with van der Waals surface area (Å²) in [6.45, 7) is 2.23. The lowest BCUT2D eigenvalue weighted by molar-refractivity contribution is -0.116. The van der Waals surface area contributed by atoms with Gasteiger partial charge in [0, 0.05) is 38.1 Å². The lowest BCUT2D eigenvalue weighted by Gasteiger charge is -2.15. The molecule has 2 heterocycles. The van der Waals surface area contributed by atoms with Crippen LogP contribution in [-0.4, -0.2) is 28.1 Å². The van der Waals surface area contributed by atoms with Crippen LogP contribution in [-0.2, 0) is 18.3 Å². The van der Waals surface area contributed by atoms with Crippen LogP contribution in [0, 0.1) is 0 Å². The number of nitrogen functional groups attached to an aromatic ring is 1. The van der Waals surface area contributed by atoms with Crippen LogP contribution in [0.5, 0.6) is 0 Å². The van der Waals surface area contributed by atoms with Gasteiger partial charge >= 0.3 is 0 Å². The van der Waals surface area contributed by atoms with Crippen LogP contribution in [0.3, 0.4) is 0 Å². The first kappa shape index (κ1) is 14.1. The van der Waals surface area contributed by atoms with Gasteiger partial charge in [0.25, 0.3) is 5.91 Å². The number of nitrogens with zero attached hydrogens (tertiary/aromatic N) is 3. The Morgan fingerprint density at radius 2 is 2.14 bits per heavy atom. The molecule has 0 unspecified atom stereocenters. The molecule has 0 bridgehead atoms. The number of hydrogen-bond donors (Lipinski definition) is 2. The molecule has 0 aliphatic carbocycles. The minimum absolute atomic E-state index is 0.0265. The molecule has 0 radical (unpaired) electrons. The molecule has 22 heavy (non-hydrogen) atoms. The molecule has 1 aromatic carbocycles. The monoisotopic (exact) mass is 299 g/mol. The highest BCUT2D eigenvalue weighted by atomic mass is 16.2. The van der Waals surface area contributed by atoms with Gasteiger partial charge in [-0.05, 0) is 30.2 Å². The molecule has 2 amide bonds. The normalized spacial score (nSPS) is 13.1. The maximum atomic E-state index is 12.2. The molecule has 0 saturated carbocycles. The highest BCUT2D eigenvalue weighted by Gasteiger charge is 2.22. The van der Waals surface area contributed by atoms with Crippen molar-refractivity contribution >= 4 is 29.0 Å². The number of benzene rings is 1. The third-order valence-corrected chi connectivity index (χ3v) is 3.72. The van der Waals surface area contributed by atoms with Gasteiger partial charge < -0.3 is 16.0 Å². The number of nitrogens with two attached hydrogens (primary N) is 1. The number of aromatic nitrogens is 2. The van der Waals surface area contributed by atoms with Crippen molar-refractivity contribution < 1.29 is 9.59 Å². The van der Waals surface area contributed by atoms with E-state index >= 15 is 0 Å². The second kappa shape index (κ2) is 5.18. The first-order chi connectivity index (χ1) is 10.5. The van der Waals surface area contributed by atoms with Crippen molar-refractivity contribution in [3.63, 3.8) is 0 Å². The van der Waals surface area contributed by atoms with Crippen LogP contribution in [0.2, 0.25) is 0 Å². The molecule has 7 heteroatoms. The van der Waals surface area contributed by atoms with Crippen LogP contribution in [0.25, 0.3) is 0 Å². The lowest BCUT2D eigenvalue weighted by atomic mass is 10.1. The van der Waals surface area contributed by atoms with E-state index in [2.05, 4.69) is 10.4 Å². The standard InChI is InChI=1S/C15H17N5O2/c1-9(21)20-6-5-10-7-11(3-4-13(10)20)17-15(22)12-8-19(2)18-14(12)16/h3-4,7-8H,5-6H2,1-2H3,(H2,16,18)(H,17,22). The van der Waals surface area contributed by atoms with E-state index in [0.717, 1.165) is 17.7 Å². The van der Waals surface area contributed by atoms with Crippen LogP contribution in [0.1, 0.15) is 22.8 Å². The summed E-state index contributed by atoms with van der Waals surface area (Å²) >= 11 is 0. The maximum absolute atomic E-state index is 12.2. The zero-order valence-corrected chi connectivity index (χ0v) is 12.5. The van der Waals surface area contributed by atoms with Gasteiger partial charge in [-0.1, -0.05) is 0 Å². The zero-order chi connectivity index (χ0) is 15.9. The van der Waals surface area contributed by atoms with Crippen molar-refractivity contribution in [1.29, 1.82) is 0 Å². The Hall–Kier alpha value is -2.83. The fraction of sp³-hybridized carbons (Fsp3) is 0.267. The van der Waals surface area contributed by atoms with Gasteiger partial charge in [0.1, 0.15) is 5.56 Å².